The number of nitrogens with zero attached hydrogens (tertiary/aromatic N) is 4. The topological polar surface area (TPSA) is 94.0 Å². The van der Waals surface area contributed by atoms with Crippen molar-refractivity contribution in [1.29, 1.82) is 0 Å². The highest BCUT2D eigenvalue weighted by molar-refractivity contribution is 5.89. The lowest BCUT2D eigenvalue weighted by molar-refractivity contribution is -0.134. The molecule has 148 valence electrons. The number of carbonyl (C=O) groups excluding carboxylic acids is 2. The quantitative estimate of drug-likeness (QED) is 0.682. The second kappa shape index (κ2) is 8.55. The van der Waals surface area contributed by atoms with Crippen molar-refractivity contribution >= 4 is 17.6 Å². The maximum absolute atomic E-state index is 12.3. The van der Waals surface area contributed by atoms with Gasteiger partial charge < -0.3 is 19.3 Å². The van der Waals surface area contributed by atoms with Crippen molar-refractivity contribution in [2.24, 2.45) is 7.05 Å². The predicted molar refractivity (Wildman–Crippen MR) is 102 cm³/mol. The molecular weight excluding hydrogens is 364 g/mol. The number of piperazine rings is 1. The molecule has 3 rings (SSSR count). The number of aryl methyl sites for hydroxylation is 1. The Morgan fingerprint density at radius 3 is 2.32 bits per heavy atom. The Morgan fingerprint density at radius 1 is 1.04 bits per heavy atom. The van der Waals surface area contributed by atoms with Gasteiger partial charge in [-0.3, -0.25) is 9.59 Å². The summed E-state index contributed by atoms with van der Waals surface area (Å²) in [5, 5.41) is 3.81. The van der Waals surface area contributed by atoms with Crippen LogP contribution in [-0.4, -0.2) is 66.5 Å². The van der Waals surface area contributed by atoms with E-state index in [0.717, 1.165) is 16.1 Å². The molecule has 0 N–H and O–H groups in total. The Bertz CT molecular complexity index is 901. The molecule has 0 atom stereocenters. The van der Waals surface area contributed by atoms with Crippen molar-refractivity contribution in [2.75, 3.05) is 44.8 Å². The van der Waals surface area contributed by atoms with Gasteiger partial charge in [-0.1, -0.05) is 0 Å². The Kier molecular flexibility index (Phi) is 5.93. The van der Waals surface area contributed by atoms with E-state index in [-0.39, 0.29) is 23.8 Å². The first kappa shape index (κ1) is 19.4. The number of ether oxygens (including phenoxy) is 2. The van der Waals surface area contributed by atoms with E-state index >= 15 is 0 Å². The van der Waals surface area contributed by atoms with E-state index in [4.69, 9.17) is 9.47 Å². The summed E-state index contributed by atoms with van der Waals surface area (Å²) in [6, 6.07) is 10.3. The van der Waals surface area contributed by atoms with Gasteiger partial charge >= 0.3 is 5.97 Å². The van der Waals surface area contributed by atoms with Gasteiger partial charge in [0.05, 0.1) is 7.11 Å². The molecule has 0 bridgehead atoms. The largest absolute Gasteiger partial charge is 0.497 e. The number of carbonyl (C=O) groups is 2. The van der Waals surface area contributed by atoms with Gasteiger partial charge in [-0.15, -0.1) is 0 Å². The van der Waals surface area contributed by atoms with Crippen molar-refractivity contribution in [3.8, 4) is 5.75 Å². The summed E-state index contributed by atoms with van der Waals surface area (Å²) >= 11 is 0. The lowest BCUT2D eigenvalue weighted by Gasteiger charge is -2.36. The Morgan fingerprint density at radius 2 is 1.71 bits per heavy atom. The van der Waals surface area contributed by atoms with Crippen LogP contribution in [-0.2, 0) is 16.6 Å². The number of rotatable bonds is 5. The van der Waals surface area contributed by atoms with Crippen LogP contribution in [0, 0.1) is 0 Å². The summed E-state index contributed by atoms with van der Waals surface area (Å²) in [6.07, 6.45) is 0. The minimum absolute atomic E-state index is 0.0146. The van der Waals surface area contributed by atoms with Crippen LogP contribution in [0.5, 0.6) is 5.75 Å². The van der Waals surface area contributed by atoms with Crippen molar-refractivity contribution in [1.82, 2.24) is 14.7 Å². The SMILES string of the molecule is COc1ccc(N2CCN(C(=O)COC(=O)c3ccc(=O)n(C)n3)CC2)cc1. The summed E-state index contributed by atoms with van der Waals surface area (Å²) in [4.78, 5) is 39.5. The van der Waals surface area contributed by atoms with Crippen LogP contribution in [0.3, 0.4) is 0 Å². The summed E-state index contributed by atoms with van der Waals surface area (Å²) in [5.41, 5.74) is 0.724. The molecule has 2 heterocycles. The first-order valence-electron chi connectivity index (χ1n) is 8.86. The normalized spacial score (nSPS) is 13.9. The number of esters is 1. The zero-order valence-electron chi connectivity index (χ0n) is 15.8. The fourth-order valence-corrected chi connectivity index (χ4v) is 2.91. The maximum atomic E-state index is 12.3. The van der Waals surface area contributed by atoms with E-state index in [1.54, 1.807) is 12.0 Å². The molecule has 1 fully saturated rings. The highest BCUT2D eigenvalue weighted by Gasteiger charge is 2.22. The fraction of sp³-hybridized carbons (Fsp3) is 0.368. The Hall–Kier alpha value is -3.36. The van der Waals surface area contributed by atoms with Gasteiger partial charge in [0, 0.05) is 45.0 Å². The molecule has 1 aromatic carbocycles. The van der Waals surface area contributed by atoms with E-state index in [9.17, 15) is 14.4 Å². The molecule has 0 aliphatic carbocycles. The van der Waals surface area contributed by atoms with E-state index in [1.165, 1.54) is 19.2 Å². The summed E-state index contributed by atoms with van der Waals surface area (Å²) < 4.78 is 11.2. The monoisotopic (exact) mass is 386 g/mol. The molecule has 0 saturated carbocycles. The van der Waals surface area contributed by atoms with Crippen LogP contribution < -0.4 is 15.2 Å². The minimum Gasteiger partial charge on any atom is -0.497 e. The molecule has 0 unspecified atom stereocenters. The average molecular weight is 386 g/mol. The maximum Gasteiger partial charge on any atom is 0.359 e. The summed E-state index contributed by atoms with van der Waals surface area (Å²) in [7, 11) is 3.06. The fourth-order valence-electron chi connectivity index (χ4n) is 2.91. The lowest BCUT2D eigenvalue weighted by Crippen LogP contribution is -2.49. The van der Waals surface area contributed by atoms with Gasteiger partial charge in [0.1, 0.15) is 5.75 Å². The van der Waals surface area contributed by atoms with Crippen LogP contribution >= 0.6 is 0 Å². The van der Waals surface area contributed by atoms with Crippen molar-refractivity contribution < 1.29 is 19.1 Å². The van der Waals surface area contributed by atoms with Crippen molar-refractivity contribution in [2.45, 2.75) is 0 Å². The van der Waals surface area contributed by atoms with Gasteiger partial charge in [0.15, 0.2) is 12.3 Å². The molecule has 1 aliphatic rings. The highest BCUT2D eigenvalue weighted by Crippen LogP contribution is 2.20. The van der Waals surface area contributed by atoms with Crippen LogP contribution in [0.1, 0.15) is 10.5 Å². The molecule has 28 heavy (non-hydrogen) atoms. The molecule has 9 heteroatoms. The van der Waals surface area contributed by atoms with Gasteiger partial charge in [-0.05, 0) is 30.3 Å². The molecule has 1 aliphatic heterocycles. The molecule has 2 aromatic rings. The van der Waals surface area contributed by atoms with Gasteiger partial charge in [-0.2, -0.15) is 5.10 Å². The van der Waals surface area contributed by atoms with Crippen LogP contribution in [0.2, 0.25) is 0 Å². The molecule has 0 spiro atoms. The van der Waals surface area contributed by atoms with Gasteiger partial charge in [-0.25, -0.2) is 9.48 Å². The van der Waals surface area contributed by atoms with E-state index in [1.807, 2.05) is 24.3 Å². The Balaban J connectivity index is 1.48. The van der Waals surface area contributed by atoms with E-state index in [2.05, 4.69) is 10.00 Å². The number of methoxy groups -OCH3 is 1. The average Bonchev–Trinajstić information content (AvgIpc) is 2.74. The number of aromatic nitrogens is 2. The molecule has 9 nitrogen and oxygen atoms in total. The minimum atomic E-state index is -0.735. The number of anilines is 1. The standard InChI is InChI=1S/C19H22N4O5/c1-21-17(24)8-7-16(20-21)19(26)28-13-18(25)23-11-9-22(10-12-23)14-3-5-15(27-2)6-4-14/h3-8H,9-13H2,1-2H3. The van der Waals surface area contributed by atoms with Crippen molar-refractivity contribution in [3.05, 3.63) is 52.4 Å². The summed E-state index contributed by atoms with van der Waals surface area (Å²) in [5.74, 6) is -0.194. The third-order valence-electron chi connectivity index (χ3n) is 4.57. The third kappa shape index (κ3) is 4.48. The van der Waals surface area contributed by atoms with Crippen LogP contribution in [0.15, 0.2) is 41.2 Å². The van der Waals surface area contributed by atoms with Crippen molar-refractivity contribution in [3.63, 3.8) is 0 Å². The second-order valence-corrected chi connectivity index (χ2v) is 6.32. The lowest BCUT2D eigenvalue weighted by atomic mass is 10.2. The van der Waals surface area contributed by atoms with Crippen LogP contribution in [0.25, 0.3) is 0 Å². The number of amides is 1. The van der Waals surface area contributed by atoms with Gasteiger partial charge in [0.25, 0.3) is 11.5 Å². The number of benzene rings is 1. The van der Waals surface area contributed by atoms with E-state index < -0.39 is 5.97 Å². The van der Waals surface area contributed by atoms with Gasteiger partial charge in [0.2, 0.25) is 0 Å². The predicted octanol–water partition coefficient (Wildman–Crippen LogP) is 0.295. The first-order valence-corrected chi connectivity index (χ1v) is 8.86. The zero-order chi connectivity index (χ0) is 20.1. The first-order chi connectivity index (χ1) is 13.5. The van der Waals surface area contributed by atoms with E-state index in [0.29, 0.717) is 26.2 Å². The number of hydrogen-bond acceptors (Lipinski definition) is 7. The Labute approximate surface area is 162 Å². The number of hydrogen-bond donors (Lipinski definition) is 0. The highest BCUT2D eigenvalue weighted by atomic mass is 16.5. The third-order valence-corrected chi connectivity index (χ3v) is 4.57. The molecular formula is C19H22N4O5. The smallest absolute Gasteiger partial charge is 0.359 e. The molecule has 1 amide bonds. The second-order valence-electron chi connectivity index (χ2n) is 6.32. The summed E-state index contributed by atoms with van der Waals surface area (Å²) in [6.45, 7) is 2.11. The zero-order valence-corrected chi connectivity index (χ0v) is 15.8. The molecule has 1 saturated heterocycles. The molecule has 0 radical (unpaired) electrons. The van der Waals surface area contributed by atoms with Crippen LogP contribution in [0.4, 0.5) is 5.69 Å². The molecule has 1 aromatic heterocycles.